The average molecular weight is 1010 g/mol. The van der Waals surface area contributed by atoms with Gasteiger partial charge in [0, 0.05) is 67.1 Å². The lowest BCUT2D eigenvalue weighted by Crippen LogP contribution is -2.48. The number of sulfonamides is 1. The first-order valence-electron chi connectivity index (χ1n) is 22.9. The van der Waals surface area contributed by atoms with Crippen molar-refractivity contribution in [1.82, 2.24) is 19.6 Å². The highest BCUT2D eigenvalue weighted by atomic mass is 35.5. The van der Waals surface area contributed by atoms with Crippen LogP contribution in [0.2, 0.25) is 5.02 Å². The summed E-state index contributed by atoms with van der Waals surface area (Å²) in [6, 6.07) is 17.1. The number of nitrogens with zero attached hydrogens (tertiary/aromatic N) is 5. The molecule has 370 valence electrons. The van der Waals surface area contributed by atoms with E-state index in [-0.39, 0.29) is 58.5 Å². The van der Waals surface area contributed by atoms with E-state index in [0.29, 0.717) is 55.5 Å². The van der Waals surface area contributed by atoms with Gasteiger partial charge in [0.15, 0.2) is 11.4 Å². The average Bonchev–Trinajstić information content (AvgIpc) is 3.80. The summed E-state index contributed by atoms with van der Waals surface area (Å²) in [6.07, 6.45) is -3.21. The molecule has 0 bridgehead atoms. The van der Waals surface area contributed by atoms with Crippen molar-refractivity contribution < 1.29 is 50.3 Å². The van der Waals surface area contributed by atoms with Crippen molar-refractivity contribution in [3.63, 3.8) is 0 Å². The Balaban J connectivity index is 0.962. The van der Waals surface area contributed by atoms with Gasteiger partial charge in [-0.1, -0.05) is 43.2 Å². The molecule has 1 aliphatic carbocycles. The van der Waals surface area contributed by atoms with Crippen LogP contribution in [0.3, 0.4) is 0 Å². The number of benzene rings is 3. The molecule has 2 saturated heterocycles. The minimum absolute atomic E-state index is 0.0372. The number of nitro groups is 1. The summed E-state index contributed by atoms with van der Waals surface area (Å²) in [5.74, 6) is -1.69. The number of rotatable bonds is 10. The third-order valence-corrected chi connectivity index (χ3v) is 15.2. The number of halogens is 4. The third kappa shape index (κ3) is 9.68. The van der Waals surface area contributed by atoms with Crippen LogP contribution in [-0.4, -0.2) is 124 Å². The lowest BCUT2D eigenvalue weighted by atomic mass is 9.72. The number of piperazine rings is 1. The molecule has 0 radical (unpaired) electrons. The summed E-state index contributed by atoms with van der Waals surface area (Å²) in [5, 5.41) is 16.6. The predicted molar refractivity (Wildman–Crippen MR) is 256 cm³/mol. The molecular weight excluding hydrogens is 957 g/mol. The zero-order chi connectivity index (χ0) is 49.1. The van der Waals surface area contributed by atoms with Crippen LogP contribution < -0.4 is 29.3 Å². The first-order chi connectivity index (χ1) is 33.4. The quantitative estimate of drug-likeness (QED) is 0.0898. The normalized spacial score (nSPS) is 21.8. The Morgan fingerprint density at radius 1 is 1.01 bits per heavy atom. The summed E-state index contributed by atoms with van der Waals surface area (Å²) in [4.78, 5) is 38.4. The summed E-state index contributed by atoms with van der Waals surface area (Å²) >= 11 is 6.25. The van der Waals surface area contributed by atoms with Crippen LogP contribution in [-0.2, 0) is 19.5 Å². The molecule has 17 nitrogen and oxygen atoms in total. The molecule has 22 heteroatoms. The van der Waals surface area contributed by atoms with Gasteiger partial charge < -0.3 is 39.0 Å². The number of fused-ring (bicyclic) bond motifs is 3. The van der Waals surface area contributed by atoms with Crippen LogP contribution in [0.25, 0.3) is 16.6 Å². The van der Waals surface area contributed by atoms with Crippen molar-refractivity contribution in [2.45, 2.75) is 62.4 Å². The number of aromatic amines is 1. The van der Waals surface area contributed by atoms with Crippen molar-refractivity contribution in [3.05, 3.63) is 105 Å². The summed E-state index contributed by atoms with van der Waals surface area (Å²) in [6.45, 7) is 7.83. The van der Waals surface area contributed by atoms with Crippen LogP contribution in [0.1, 0.15) is 49.0 Å². The molecule has 2 aromatic heterocycles. The van der Waals surface area contributed by atoms with Gasteiger partial charge in [0.25, 0.3) is 21.6 Å². The number of anilines is 4. The van der Waals surface area contributed by atoms with E-state index in [1.807, 2.05) is 16.9 Å². The van der Waals surface area contributed by atoms with E-state index in [4.69, 9.17) is 30.5 Å². The molecule has 5 aliphatic rings. The van der Waals surface area contributed by atoms with E-state index in [1.165, 1.54) is 22.1 Å². The molecule has 70 heavy (non-hydrogen) atoms. The van der Waals surface area contributed by atoms with Gasteiger partial charge in [0.1, 0.15) is 24.0 Å². The molecule has 3 atom stereocenters. The Morgan fingerprint density at radius 2 is 1.80 bits per heavy atom. The number of carbonyl (C=O) groups is 1. The number of nitrogens with one attached hydrogen (secondary N) is 3. The molecule has 5 aromatic rings. The summed E-state index contributed by atoms with van der Waals surface area (Å²) in [5.41, 5.74) is 3.93. The second-order valence-electron chi connectivity index (χ2n) is 18.9. The Bertz CT molecular complexity index is 2990. The number of hydrogen-bond acceptors (Lipinski definition) is 14. The van der Waals surface area contributed by atoms with E-state index >= 15 is 0 Å². The van der Waals surface area contributed by atoms with Gasteiger partial charge in [-0.15, -0.1) is 0 Å². The van der Waals surface area contributed by atoms with Gasteiger partial charge in [-0.25, -0.2) is 13.1 Å². The van der Waals surface area contributed by atoms with Gasteiger partial charge in [-0.3, -0.25) is 19.8 Å². The number of pyridine rings is 1. The number of H-pyrrole nitrogens is 1. The maximum atomic E-state index is 14.7. The first-order valence-corrected chi connectivity index (χ1v) is 24.8. The van der Waals surface area contributed by atoms with Crippen LogP contribution >= 0.6 is 11.6 Å². The van der Waals surface area contributed by atoms with Gasteiger partial charge in [-0.2, -0.15) is 18.2 Å². The maximum absolute atomic E-state index is 14.7. The lowest BCUT2D eigenvalue weighted by molar-refractivity contribution is -0.384. The monoisotopic (exact) mass is 1010 g/mol. The Morgan fingerprint density at radius 3 is 2.53 bits per heavy atom. The molecule has 0 unspecified atom stereocenters. The number of alkyl halides is 3. The zero-order valence-corrected chi connectivity index (χ0v) is 39.8. The molecule has 0 spiro atoms. The van der Waals surface area contributed by atoms with E-state index in [0.717, 1.165) is 43.5 Å². The number of aromatic nitrogens is 2. The number of hydrogen-bond donors (Lipinski definition) is 3. The van der Waals surface area contributed by atoms with Gasteiger partial charge in [0.2, 0.25) is 12.0 Å². The van der Waals surface area contributed by atoms with E-state index in [2.05, 4.69) is 51.1 Å². The molecular formula is C48H50ClF3N8O9S. The highest BCUT2D eigenvalue weighted by Gasteiger charge is 2.47. The molecule has 10 rings (SSSR count). The standard InChI is InChI=1S/C48H50ClF3N8O9S/c1-47(2)11-9-30(35(23-47)28-3-5-31(49)6-4-28)24-57-13-15-58(16-14-57)32-7-8-34(37(20-32)59-25-42(48(50,51)52)69-46-39(59)19-29-10-12-53-44(29)55-46)45(61)56-70(64,65)33-21-38(60(62)63)43-40(22-33)68-26-36(54-43)41-27-66-17-18-67-41/h3-8,10,12,19-22,36,41-42,54H,9,11,13-18,23-27H2,1-2H3,(H,53,55)(H,56,61)/t36-,41-,42+/m1/s1. The Hall–Kier alpha value is -6.13. The van der Waals surface area contributed by atoms with E-state index in [9.17, 15) is 36.5 Å². The van der Waals surface area contributed by atoms with E-state index in [1.54, 1.807) is 30.5 Å². The van der Waals surface area contributed by atoms with Crippen molar-refractivity contribution in [2.24, 2.45) is 5.41 Å². The fourth-order valence-corrected chi connectivity index (χ4v) is 10.9. The Kier molecular flexibility index (Phi) is 12.6. The molecule has 2 fully saturated rings. The zero-order valence-electron chi connectivity index (χ0n) is 38.2. The predicted octanol–water partition coefficient (Wildman–Crippen LogP) is 8.08. The van der Waals surface area contributed by atoms with Gasteiger partial charge >= 0.3 is 6.18 Å². The number of ether oxygens (including phenoxy) is 4. The topological polar surface area (TPSA) is 194 Å². The minimum atomic E-state index is -4.90. The fourth-order valence-electron chi connectivity index (χ4n) is 9.81. The van der Waals surface area contributed by atoms with Crippen molar-refractivity contribution in [2.75, 3.05) is 80.8 Å². The molecule has 0 saturated carbocycles. The second-order valence-corrected chi connectivity index (χ2v) is 21.1. The van der Waals surface area contributed by atoms with Crippen molar-refractivity contribution >= 4 is 72.6 Å². The van der Waals surface area contributed by atoms with E-state index < -0.39 is 62.4 Å². The SMILES string of the molecule is CC1(C)CCC(CN2CCN(c3ccc(C(=O)NS(=O)(=O)c4cc5c(c([N+](=O)[O-])c4)N[C@@H]([C@H]4COCCO4)CO5)c(N4C[C@@H](C(F)(F)F)Oc5nc6[nH]ccc6cc54)c3)CC2)=C(c2ccc(Cl)cc2)C1. The summed E-state index contributed by atoms with van der Waals surface area (Å²) < 4.78 is 96.8. The van der Waals surface area contributed by atoms with Crippen LogP contribution in [0, 0.1) is 15.5 Å². The largest absolute Gasteiger partial charge is 0.489 e. The number of carbonyl (C=O) groups excluding carboxylic acids is 1. The van der Waals surface area contributed by atoms with Crippen molar-refractivity contribution in [3.8, 4) is 11.6 Å². The fraction of sp³-hybridized carbons (Fsp3) is 0.417. The minimum Gasteiger partial charge on any atom is -0.489 e. The van der Waals surface area contributed by atoms with Crippen LogP contribution in [0.4, 0.5) is 41.6 Å². The molecule has 6 heterocycles. The number of amides is 1. The van der Waals surface area contributed by atoms with Crippen LogP contribution in [0.15, 0.2) is 83.4 Å². The second kappa shape index (κ2) is 18.6. The van der Waals surface area contributed by atoms with Gasteiger partial charge in [-0.05, 0) is 78.3 Å². The smallest absolute Gasteiger partial charge is 0.427 e. The molecule has 3 N–H and O–H groups in total. The number of nitro benzene ring substituents is 1. The number of allylic oxidation sites excluding steroid dienone is 1. The molecule has 3 aromatic carbocycles. The van der Waals surface area contributed by atoms with Crippen molar-refractivity contribution in [1.29, 1.82) is 0 Å². The highest BCUT2D eigenvalue weighted by Crippen LogP contribution is 2.46. The van der Waals surface area contributed by atoms with Gasteiger partial charge in [0.05, 0.1) is 53.5 Å². The maximum Gasteiger partial charge on any atom is 0.427 e. The highest BCUT2D eigenvalue weighted by molar-refractivity contribution is 7.90. The van der Waals surface area contributed by atoms with Crippen LogP contribution in [0.5, 0.6) is 11.6 Å². The lowest BCUT2D eigenvalue weighted by Gasteiger charge is -2.40. The molecule has 4 aliphatic heterocycles. The summed E-state index contributed by atoms with van der Waals surface area (Å²) in [7, 11) is -4.90. The third-order valence-electron chi connectivity index (χ3n) is 13.6. The molecule has 1 amide bonds. The first kappa shape index (κ1) is 47.5. The Labute approximate surface area is 406 Å².